The summed E-state index contributed by atoms with van der Waals surface area (Å²) in [7, 11) is 0. The third kappa shape index (κ3) is 6.32. The fourth-order valence-electron chi connectivity index (χ4n) is 1.72. The van der Waals surface area contributed by atoms with E-state index < -0.39 is 0 Å². The fourth-order valence-corrected chi connectivity index (χ4v) is 1.72. The molecule has 0 aromatic heterocycles. The molecule has 0 aliphatic carbocycles. The highest BCUT2D eigenvalue weighted by Gasteiger charge is 1.95. The molecule has 0 spiro atoms. The van der Waals surface area contributed by atoms with Gasteiger partial charge in [0.05, 0.1) is 0 Å². The van der Waals surface area contributed by atoms with Crippen LogP contribution in [-0.2, 0) is 6.42 Å². The molecule has 0 unspecified atom stereocenters. The van der Waals surface area contributed by atoms with Gasteiger partial charge in [-0.05, 0) is 37.1 Å². The second-order valence-corrected chi connectivity index (χ2v) is 4.31. The fraction of sp³-hybridized carbons (Fsp3) is 0.600. The standard InChI is InChI=1S/C15H25NO/c1-3-5-6-10-16-11-12-17-15-9-7-8-14(4-2)13-15/h7-9,13,16H,3-6,10-12H2,1-2H3. The van der Waals surface area contributed by atoms with Crippen molar-refractivity contribution < 1.29 is 4.74 Å². The molecule has 0 heterocycles. The van der Waals surface area contributed by atoms with Gasteiger partial charge >= 0.3 is 0 Å². The Labute approximate surface area is 105 Å². The summed E-state index contributed by atoms with van der Waals surface area (Å²) in [6.07, 6.45) is 4.92. The number of aryl methyl sites for hydroxylation is 1. The van der Waals surface area contributed by atoms with Crippen molar-refractivity contribution in [3.8, 4) is 5.75 Å². The lowest BCUT2D eigenvalue weighted by Gasteiger charge is -2.08. The van der Waals surface area contributed by atoms with Crippen LogP contribution in [0.15, 0.2) is 24.3 Å². The van der Waals surface area contributed by atoms with Crippen LogP contribution in [0.5, 0.6) is 5.75 Å². The normalized spacial score (nSPS) is 10.5. The molecule has 0 aliphatic heterocycles. The number of hydrogen-bond donors (Lipinski definition) is 1. The molecule has 96 valence electrons. The zero-order chi connectivity index (χ0) is 12.3. The molecule has 0 saturated carbocycles. The lowest BCUT2D eigenvalue weighted by Crippen LogP contribution is -2.22. The van der Waals surface area contributed by atoms with Gasteiger partial charge in [-0.1, -0.05) is 38.8 Å². The lowest BCUT2D eigenvalue weighted by molar-refractivity contribution is 0.313. The van der Waals surface area contributed by atoms with Gasteiger partial charge in [-0.2, -0.15) is 0 Å². The number of unbranched alkanes of at least 4 members (excludes halogenated alkanes) is 2. The SMILES string of the molecule is CCCCCNCCOc1cccc(CC)c1. The molecule has 0 radical (unpaired) electrons. The Kier molecular flexibility index (Phi) is 7.48. The Balaban J connectivity index is 2.09. The molecular weight excluding hydrogens is 210 g/mol. The van der Waals surface area contributed by atoms with Crippen molar-refractivity contribution in [3.63, 3.8) is 0 Å². The first kappa shape index (κ1) is 14.0. The van der Waals surface area contributed by atoms with Crippen LogP contribution in [0.4, 0.5) is 0 Å². The van der Waals surface area contributed by atoms with Gasteiger partial charge in [0.15, 0.2) is 0 Å². The lowest BCUT2D eigenvalue weighted by atomic mass is 10.2. The van der Waals surface area contributed by atoms with Crippen LogP contribution in [0.25, 0.3) is 0 Å². The van der Waals surface area contributed by atoms with Crippen LogP contribution < -0.4 is 10.1 Å². The quantitative estimate of drug-likeness (QED) is 0.662. The van der Waals surface area contributed by atoms with Crippen molar-refractivity contribution >= 4 is 0 Å². The summed E-state index contributed by atoms with van der Waals surface area (Å²) in [5, 5.41) is 3.39. The molecule has 0 atom stereocenters. The van der Waals surface area contributed by atoms with Gasteiger partial charge < -0.3 is 10.1 Å². The first-order valence-electron chi connectivity index (χ1n) is 6.79. The van der Waals surface area contributed by atoms with Gasteiger partial charge in [0.1, 0.15) is 12.4 Å². The number of ether oxygens (including phenoxy) is 1. The molecule has 1 aromatic carbocycles. The predicted molar refractivity (Wildman–Crippen MR) is 73.7 cm³/mol. The van der Waals surface area contributed by atoms with E-state index in [-0.39, 0.29) is 0 Å². The zero-order valence-electron chi connectivity index (χ0n) is 11.2. The van der Waals surface area contributed by atoms with E-state index in [9.17, 15) is 0 Å². The maximum Gasteiger partial charge on any atom is 0.119 e. The molecule has 2 heteroatoms. The highest BCUT2D eigenvalue weighted by atomic mass is 16.5. The van der Waals surface area contributed by atoms with Crippen molar-refractivity contribution in [1.29, 1.82) is 0 Å². The van der Waals surface area contributed by atoms with Crippen molar-refractivity contribution in [2.75, 3.05) is 19.7 Å². The van der Waals surface area contributed by atoms with Crippen LogP contribution in [0.2, 0.25) is 0 Å². The monoisotopic (exact) mass is 235 g/mol. The Morgan fingerprint density at radius 2 is 2.00 bits per heavy atom. The van der Waals surface area contributed by atoms with Gasteiger partial charge in [-0.3, -0.25) is 0 Å². The summed E-state index contributed by atoms with van der Waals surface area (Å²) in [4.78, 5) is 0. The Bertz CT molecular complexity index is 299. The molecule has 0 fully saturated rings. The van der Waals surface area contributed by atoms with Gasteiger partial charge in [0.25, 0.3) is 0 Å². The highest BCUT2D eigenvalue weighted by Crippen LogP contribution is 2.13. The van der Waals surface area contributed by atoms with Crippen molar-refractivity contribution in [2.45, 2.75) is 39.5 Å². The summed E-state index contributed by atoms with van der Waals surface area (Å²) in [6.45, 7) is 7.17. The van der Waals surface area contributed by atoms with Crippen LogP contribution in [0.1, 0.15) is 38.7 Å². The molecule has 0 saturated heterocycles. The van der Waals surface area contributed by atoms with E-state index in [0.717, 1.165) is 31.9 Å². The maximum atomic E-state index is 5.69. The number of nitrogens with one attached hydrogen (secondary N) is 1. The molecule has 0 aliphatic rings. The molecule has 1 aromatic rings. The summed E-state index contributed by atoms with van der Waals surface area (Å²) in [5.74, 6) is 0.986. The largest absolute Gasteiger partial charge is 0.492 e. The average molecular weight is 235 g/mol. The van der Waals surface area contributed by atoms with E-state index >= 15 is 0 Å². The Morgan fingerprint density at radius 1 is 1.12 bits per heavy atom. The number of rotatable bonds is 9. The number of hydrogen-bond acceptors (Lipinski definition) is 2. The van der Waals surface area contributed by atoms with Crippen molar-refractivity contribution in [3.05, 3.63) is 29.8 Å². The van der Waals surface area contributed by atoms with Crippen LogP contribution in [0, 0.1) is 0 Å². The van der Waals surface area contributed by atoms with Gasteiger partial charge in [0, 0.05) is 6.54 Å². The van der Waals surface area contributed by atoms with Crippen LogP contribution in [0.3, 0.4) is 0 Å². The average Bonchev–Trinajstić information content (AvgIpc) is 2.38. The first-order chi connectivity index (χ1) is 8.36. The van der Waals surface area contributed by atoms with Crippen LogP contribution in [-0.4, -0.2) is 19.7 Å². The van der Waals surface area contributed by atoms with Crippen molar-refractivity contribution in [2.24, 2.45) is 0 Å². The minimum Gasteiger partial charge on any atom is -0.492 e. The maximum absolute atomic E-state index is 5.69. The summed E-state index contributed by atoms with van der Waals surface area (Å²) < 4.78 is 5.69. The number of benzene rings is 1. The predicted octanol–water partition coefficient (Wildman–Crippen LogP) is 3.41. The molecule has 0 bridgehead atoms. The van der Waals surface area contributed by atoms with E-state index in [4.69, 9.17) is 4.74 Å². The first-order valence-corrected chi connectivity index (χ1v) is 6.79. The van der Waals surface area contributed by atoms with E-state index in [1.165, 1.54) is 24.8 Å². The summed E-state index contributed by atoms with van der Waals surface area (Å²) in [5.41, 5.74) is 1.33. The molecule has 2 nitrogen and oxygen atoms in total. The van der Waals surface area contributed by atoms with Gasteiger partial charge in [-0.25, -0.2) is 0 Å². The summed E-state index contributed by atoms with van der Waals surface area (Å²) in [6, 6.07) is 8.34. The Morgan fingerprint density at radius 3 is 2.76 bits per heavy atom. The molecule has 17 heavy (non-hydrogen) atoms. The highest BCUT2D eigenvalue weighted by molar-refractivity contribution is 5.28. The molecule has 1 rings (SSSR count). The van der Waals surface area contributed by atoms with E-state index in [0.29, 0.717) is 0 Å². The van der Waals surface area contributed by atoms with Gasteiger partial charge in [-0.15, -0.1) is 0 Å². The van der Waals surface area contributed by atoms with Crippen LogP contribution >= 0.6 is 0 Å². The summed E-state index contributed by atoms with van der Waals surface area (Å²) >= 11 is 0. The van der Waals surface area contributed by atoms with E-state index in [1.54, 1.807) is 0 Å². The third-order valence-electron chi connectivity index (χ3n) is 2.81. The third-order valence-corrected chi connectivity index (χ3v) is 2.81. The Hall–Kier alpha value is -1.02. The smallest absolute Gasteiger partial charge is 0.119 e. The van der Waals surface area contributed by atoms with E-state index in [1.807, 2.05) is 6.07 Å². The topological polar surface area (TPSA) is 21.3 Å². The second kappa shape index (κ2) is 9.06. The molecule has 1 N–H and O–H groups in total. The van der Waals surface area contributed by atoms with E-state index in [2.05, 4.69) is 37.4 Å². The molecular formula is C15H25NO. The minimum atomic E-state index is 0.749. The second-order valence-electron chi connectivity index (χ2n) is 4.31. The zero-order valence-corrected chi connectivity index (χ0v) is 11.2. The van der Waals surface area contributed by atoms with Crippen molar-refractivity contribution in [1.82, 2.24) is 5.32 Å². The minimum absolute atomic E-state index is 0.749. The van der Waals surface area contributed by atoms with Gasteiger partial charge in [0.2, 0.25) is 0 Å². The molecule has 0 amide bonds.